The summed E-state index contributed by atoms with van der Waals surface area (Å²) >= 11 is 0. The molecule has 1 heterocycles. The van der Waals surface area contributed by atoms with Gasteiger partial charge in [-0.1, -0.05) is 0 Å². The van der Waals surface area contributed by atoms with Crippen LogP contribution in [0.4, 0.5) is 24.8 Å². The van der Waals surface area contributed by atoms with E-state index in [4.69, 9.17) is 0 Å². The first-order valence-corrected chi connectivity index (χ1v) is 5.04. The van der Waals surface area contributed by atoms with Crippen LogP contribution >= 0.6 is 0 Å². The first-order valence-electron chi connectivity index (χ1n) is 5.04. The van der Waals surface area contributed by atoms with Crippen molar-refractivity contribution in [1.29, 1.82) is 0 Å². The van der Waals surface area contributed by atoms with Crippen LogP contribution in [0.2, 0.25) is 0 Å². The summed E-state index contributed by atoms with van der Waals surface area (Å²) in [5, 5.41) is 2.96. The Morgan fingerprint density at radius 2 is 1.89 bits per heavy atom. The maximum atomic E-state index is 11.9. The minimum Gasteiger partial charge on any atom is -0.406 e. The quantitative estimate of drug-likeness (QED) is 0.918. The highest BCUT2D eigenvalue weighted by Gasteiger charge is 2.30. The third-order valence-electron chi connectivity index (χ3n) is 2.17. The average Bonchev–Trinajstić information content (AvgIpc) is 2.65. The van der Waals surface area contributed by atoms with E-state index in [1.165, 1.54) is 24.3 Å². The molecule has 0 unspecified atom stereocenters. The van der Waals surface area contributed by atoms with Gasteiger partial charge in [-0.25, -0.2) is 4.98 Å². The highest BCUT2D eigenvalue weighted by molar-refractivity contribution is 5.54. The van der Waals surface area contributed by atoms with Crippen LogP contribution in [0.5, 0.6) is 5.75 Å². The fourth-order valence-electron chi connectivity index (χ4n) is 1.36. The summed E-state index contributed by atoms with van der Waals surface area (Å²) in [4.78, 5) is 4.03. The van der Waals surface area contributed by atoms with Crippen molar-refractivity contribution >= 4 is 11.6 Å². The summed E-state index contributed by atoms with van der Waals surface area (Å²) in [6, 6.07) is 5.43. The summed E-state index contributed by atoms with van der Waals surface area (Å²) in [6.45, 7) is 0. The molecular formula is C11H10F3N3O. The zero-order chi connectivity index (χ0) is 13.2. The molecule has 2 aromatic rings. The molecule has 1 aromatic heterocycles. The number of nitrogens with zero attached hydrogens (tertiary/aromatic N) is 2. The number of hydrogen-bond acceptors (Lipinski definition) is 3. The Labute approximate surface area is 101 Å². The molecule has 0 saturated heterocycles. The van der Waals surface area contributed by atoms with Gasteiger partial charge in [-0.15, -0.1) is 13.2 Å². The molecule has 1 aromatic carbocycles. The molecule has 1 N–H and O–H groups in total. The van der Waals surface area contributed by atoms with Crippen LogP contribution in [0.15, 0.2) is 36.7 Å². The molecule has 0 fully saturated rings. The number of hydrogen-bond donors (Lipinski definition) is 1. The molecular weight excluding hydrogens is 247 g/mol. The highest BCUT2D eigenvalue weighted by atomic mass is 19.4. The number of aryl methyl sites for hydroxylation is 1. The Kier molecular flexibility index (Phi) is 3.14. The van der Waals surface area contributed by atoms with Gasteiger partial charge in [0.2, 0.25) is 5.95 Å². The number of alkyl halides is 3. The number of ether oxygens (including phenoxy) is 1. The maximum absolute atomic E-state index is 11.9. The van der Waals surface area contributed by atoms with Gasteiger partial charge in [0.25, 0.3) is 0 Å². The molecule has 0 spiro atoms. The standard InChI is InChI=1S/C11H10F3N3O/c1-17-7-6-15-10(17)16-8-2-4-9(5-3-8)18-11(12,13)14/h2-7H,1H3,(H,15,16). The van der Waals surface area contributed by atoms with Gasteiger partial charge in [-0.3, -0.25) is 0 Å². The van der Waals surface area contributed by atoms with Crippen molar-refractivity contribution in [3.63, 3.8) is 0 Å². The number of aromatic nitrogens is 2. The SMILES string of the molecule is Cn1ccnc1Nc1ccc(OC(F)(F)F)cc1. The first-order chi connectivity index (χ1) is 8.44. The van der Waals surface area contributed by atoms with Crippen LogP contribution in [0.1, 0.15) is 0 Å². The zero-order valence-electron chi connectivity index (χ0n) is 9.40. The second-order valence-corrected chi connectivity index (χ2v) is 3.56. The Balaban J connectivity index is 2.06. The van der Waals surface area contributed by atoms with Gasteiger partial charge in [0, 0.05) is 25.1 Å². The van der Waals surface area contributed by atoms with Gasteiger partial charge in [-0.2, -0.15) is 0 Å². The first kappa shape index (κ1) is 12.3. The lowest BCUT2D eigenvalue weighted by molar-refractivity contribution is -0.274. The molecule has 0 saturated carbocycles. The van der Waals surface area contributed by atoms with Crippen molar-refractivity contribution in [2.24, 2.45) is 7.05 Å². The largest absolute Gasteiger partial charge is 0.573 e. The molecule has 0 aliphatic rings. The van der Waals surface area contributed by atoms with Crippen LogP contribution in [-0.2, 0) is 7.05 Å². The molecule has 0 bridgehead atoms. The molecule has 0 aliphatic heterocycles. The fraction of sp³-hybridized carbons (Fsp3) is 0.182. The summed E-state index contributed by atoms with van der Waals surface area (Å²) in [5.74, 6) is 0.340. The lowest BCUT2D eigenvalue weighted by Crippen LogP contribution is -2.17. The Bertz CT molecular complexity index is 519. The molecule has 0 radical (unpaired) electrons. The number of benzene rings is 1. The van der Waals surface area contributed by atoms with E-state index in [1.54, 1.807) is 24.0 Å². The second kappa shape index (κ2) is 4.59. The summed E-state index contributed by atoms with van der Waals surface area (Å²) in [7, 11) is 1.80. The van der Waals surface area contributed by atoms with Crippen molar-refractivity contribution < 1.29 is 17.9 Å². The fourth-order valence-corrected chi connectivity index (χ4v) is 1.36. The maximum Gasteiger partial charge on any atom is 0.573 e. The van der Waals surface area contributed by atoms with Gasteiger partial charge in [0.1, 0.15) is 5.75 Å². The van der Waals surface area contributed by atoms with Crippen LogP contribution in [-0.4, -0.2) is 15.9 Å². The van der Waals surface area contributed by atoms with Crippen molar-refractivity contribution in [2.45, 2.75) is 6.36 Å². The van der Waals surface area contributed by atoms with Gasteiger partial charge in [0.15, 0.2) is 0 Å². The number of imidazole rings is 1. The topological polar surface area (TPSA) is 39.1 Å². The summed E-state index contributed by atoms with van der Waals surface area (Å²) < 4.78 is 41.4. The van der Waals surface area contributed by atoms with Crippen LogP contribution in [0.3, 0.4) is 0 Å². The molecule has 2 rings (SSSR count). The third kappa shape index (κ3) is 3.16. The van der Waals surface area contributed by atoms with Crippen molar-refractivity contribution in [1.82, 2.24) is 9.55 Å². The molecule has 0 amide bonds. The van der Waals surface area contributed by atoms with E-state index in [0.717, 1.165) is 0 Å². The minimum absolute atomic E-state index is 0.257. The number of rotatable bonds is 3. The molecule has 18 heavy (non-hydrogen) atoms. The van der Waals surface area contributed by atoms with Gasteiger partial charge >= 0.3 is 6.36 Å². The van der Waals surface area contributed by atoms with E-state index < -0.39 is 6.36 Å². The van der Waals surface area contributed by atoms with E-state index in [9.17, 15) is 13.2 Å². The number of halogens is 3. The lowest BCUT2D eigenvalue weighted by atomic mass is 10.3. The van der Waals surface area contributed by atoms with E-state index >= 15 is 0 Å². The molecule has 7 heteroatoms. The van der Waals surface area contributed by atoms with Gasteiger partial charge < -0.3 is 14.6 Å². The number of nitrogens with one attached hydrogen (secondary N) is 1. The molecule has 0 aliphatic carbocycles. The second-order valence-electron chi connectivity index (χ2n) is 3.56. The Morgan fingerprint density at radius 3 is 2.39 bits per heavy atom. The molecule has 0 atom stereocenters. The van der Waals surface area contributed by atoms with E-state index in [-0.39, 0.29) is 5.75 Å². The van der Waals surface area contributed by atoms with Gasteiger partial charge in [0.05, 0.1) is 0 Å². The van der Waals surface area contributed by atoms with Crippen molar-refractivity contribution in [3.8, 4) is 5.75 Å². The molecule has 4 nitrogen and oxygen atoms in total. The zero-order valence-corrected chi connectivity index (χ0v) is 9.40. The molecule has 96 valence electrons. The summed E-state index contributed by atoms with van der Waals surface area (Å²) in [5.41, 5.74) is 0.624. The Morgan fingerprint density at radius 1 is 1.22 bits per heavy atom. The van der Waals surface area contributed by atoms with E-state index in [1.807, 2.05) is 0 Å². The average molecular weight is 257 g/mol. The monoisotopic (exact) mass is 257 g/mol. The van der Waals surface area contributed by atoms with Crippen LogP contribution < -0.4 is 10.1 Å². The predicted molar refractivity (Wildman–Crippen MR) is 59.6 cm³/mol. The van der Waals surface area contributed by atoms with Crippen molar-refractivity contribution in [2.75, 3.05) is 5.32 Å². The smallest absolute Gasteiger partial charge is 0.406 e. The van der Waals surface area contributed by atoms with Crippen LogP contribution in [0, 0.1) is 0 Å². The van der Waals surface area contributed by atoms with Crippen LogP contribution in [0.25, 0.3) is 0 Å². The number of anilines is 2. The Hall–Kier alpha value is -2.18. The van der Waals surface area contributed by atoms with E-state index in [2.05, 4.69) is 15.0 Å². The summed E-state index contributed by atoms with van der Waals surface area (Å²) in [6.07, 6.45) is -1.30. The predicted octanol–water partition coefficient (Wildman–Crippen LogP) is 3.06. The third-order valence-corrected chi connectivity index (χ3v) is 2.17. The minimum atomic E-state index is -4.67. The highest BCUT2D eigenvalue weighted by Crippen LogP contribution is 2.24. The van der Waals surface area contributed by atoms with Gasteiger partial charge in [-0.05, 0) is 24.3 Å². The van der Waals surface area contributed by atoms with Crippen molar-refractivity contribution in [3.05, 3.63) is 36.7 Å². The normalized spacial score (nSPS) is 11.3. The van der Waals surface area contributed by atoms with E-state index in [0.29, 0.717) is 11.6 Å². The lowest BCUT2D eigenvalue weighted by Gasteiger charge is -2.10.